The Morgan fingerprint density at radius 2 is 2.06 bits per heavy atom. The molecular weight excluding hydrogens is 310 g/mol. The number of thiophene rings is 1. The van der Waals surface area contributed by atoms with Gasteiger partial charge in [0, 0.05) is 11.9 Å². The first-order valence-corrected chi connectivity index (χ1v) is 7.54. The molecule has 2 rings (SSSR count). The van der Waals surface area contributed by atoms with E-state index < -0.39 is 0 Å². The second-order valence-corrected chi connectivity index (χ2v) is 5.91. The summed E-state index contributed by atoms with van der Waals surface area (Å²) in [6.45, 7) is 2.53. The Kier molecular flexibility index (Phi) is 4.55. The van der Waals surface area contributed by atoms with Gasteiger partial charge in [-0.1, -0.05) is 46.3 Å². The third-order valence-corrected chi connectivity index (χ3v) is 4.42. The van der Waals surface area contributed by atoms with Crippen molar-refractivity contribution in [3.8, 4) is 0 Å². The lowest BCUT2D eigenvalue weighted by atomic mass is 10.1. The van der Waals surface area contributed by atoms with Gasteiger partial charge in [0.1, 0.15) is 0 Å². The van der Waals surface area contributed by atoms with Gasteiger partial charge >= 0.3 is 0 Å². The maximum Gasteiger partial charge on any atom is 0.252 e. The molecule has 1 aromatic carbocycles. The molecule has 1 N–H and O–H groups in total. The zero-order chi connectivity index (χ0) is 13.0. The van der Waals surface area contributed by atoms with Crippen molar-refractivity contribution < 1.29 is 4.79 Å². The highest BCUT2D eigenvalue weighted by Gasteiger charge is 2.12. The van der Waals surface area contributed by atoms with Crippen LogP contribution < -0.4 is 5.32 Å². The Morgan fingerprint density at radius 1 is 1.33 bits per heavy atom. The van der Waals surface area contributed by atoms with Gasteiger partial charge in [0.25, 0.3) is 5.91 Å². The van der Waals surface area contributed by atoms with Crippen LogP contribution in [-0.2, 0) is 0 Å². The van der Waals surface area contributed by atoms with Crippen LogP contribution in [0.3, 0.4) is 0 Å². The number of hydrogen-bond donors (Lipinski definition) is 1. The summed E-state index contributed by atoms with van der Waals surface area (Å²) in [5, 5.41) is 6.81. The van der Waals surface area contributed by atoms with Crippen molar-refractivity contribution in [2.75, 3.05) is 6.54 Å². The number of alkyl halides is 1. The van der Waals surface area contributed by atoms with E-state index in [1.165, 1.54) is 5.56 Å². The lowest BCUT2D eigenvalue weighted by molar-refractivity contribution is 0.0954. The Labute approximate surface area is 119 Å². The van der Waals surface area contributed by atoms with Gasteiger partial charge in [-0.05, 0) is 23.4 Å². The highest BCUT2D eigenvalue weighted by Crippen LogP contribution is 2.21. The van der Waals surface area contributed by atoms with Gasteiger partial charge in [0.05, 0.1) is 10.4 Å². The maximum atomic E-state index is 11.9. The molecule has 0 aliphatic carbocycles. The van der Waals surface area contributed by atoms with Gasteiger partial charge < -0.3 is 5.32 Å². The topological polar surface area (TPSA) is 29.1 Å². The molecule has 0 aliphatic rings. The summed E-state index contributed by atoms with van der Waals surface area (Å²) in [7, 11) is 0. The first kappa shape index (κ1) is 13.3. The summed E-state index contributed by atoms with van der Waals surface area (Å²) in [6.07, 6.45) is 0. The fraction of sp³-hybridized carbons (Fsp3) is 0.214. The summed E-state index contributed by atoms with van der Waals surface area (Å²) in [5.74, 6) is -0.00543. The van der Waals surface area contributed by atoms with Crippen LogP contribution in [0.4, 0.5) is 0 Å². The minimum absolute atomic E-state index is 0.00543. The van der Waals surface area contributed by atoms with Gasteiger partial charge in [-0.25, -0.2) is 0 Å². The molecule has 2 nitrogen and oxygen atoms in total. The number of aryl methyl sites for hydroxylation is 1. The second-order valence-electron chi connectivity index (χ2n) is 4.06. The number of carbonyl (C=O) groups is 1. The first-order chi connectivity index (χ1) is 8.68. The van der Waals surface area contributed by atoms with Gasteiger partial charge in [-0.15, -0.1) is 0 Å². The molecule has 0 saturated heterocycles. The second kappa shape index (κ2) is 6.16. The van der Waals surface area contributed by atoms with Gasteiger partial charge in [0.15, 0.2) is 0 Å². The van der Waals surface area contributed by atoms with E-state index in [1.54, 1.807) is 11.3 Å². The van der Waals surface area contributed by atoms with Crippen molar-refractivity contribution in [3.63, 3.8) is 0 Å². The minimum atomic E-state index is -0.00543. The number of halogens is 1. The van der Waals surface area contributed by atoms with Gasteiger partial charge in [-0.3, -0.25) is 4.79 Å². The number of nitrogens with one attached hydrogen (secondary N) is 1. The van der Waals surface area contributed by atoms with E-state index in [2.05, 4.69) is 21.2 Å². The molecule has 2 aromatic rings. The van der Waals surface area contributed by atoms with Crippen molar-refractivity contribution in [3.05, 3.63) is 57.8 Å². The summed E-state index contributed by atoms with van der Waals surface area (Å²) >= 11 is 5.14. The van der Waals surface area contributed by atoms with E-state index >= 15 is 0 Å². The van der Waals surface area contributed by atoms with Crippen LogP contribution in [0, 0.1) is 6.92 Å². The number of benzene rings is 1. The molecule has 1 aromatic heterocycles. The van der Waals surface area contributed by atoms with Crippen LogP contribution in [-0.4, -0.2) is 12.5 Å². The Morgan fingerprint density at radius 3 is 2.67 bits per heavy atom. The largest absolute Gasteiger partial charge is 0.351 e. The number of hydrogen-bond acceptors (Lipinski definition) is 2. The van der Waals surface area contributed by atoms with E-state index in [0.717, 1.165) is 11.1 Å². The molecule has 1 atom stereocenters. The van der Waals surface area contributed by atoms with Crippen LogP contribution in [0.2, 0.25) is 0 Å². The highest BCUT2D eigenvalue weighted by molar-refractivity contribution is 9.09. The molecule has 0 spiro atoms. The lowest BCUT2D eigenvalue weighted by Gasteiger charge is -2.11. The van der Waals surface area contributed by atoms with E-state index in [4.69, 9.17) is 0 Å². The number of carbonyl (C=O) groups excluding carboxylic acids is 1. The molecule has 0 radical (unpaired) electrons. The molecule has 0 saturated carbocycles. The smallest absolute Gasteiger partial charge is 0.252 e. The fourth-order valence-electron chi connectivity index (χ4n) is 1.65. The van der Waals surface area contributed by atoms with Crippen LogP contribution in [0.1, 0.15) is 26.3 Å². The van der Waals surface area contributed by atoms with Crippen molar-refractivity contribution in [1.82, 2.24) is 5.32 Å². The molecule has 1 unspecified atom stereocenters. The number of amides is 1. The normalized spacial score (nSPS) is 12.1. The molecule has 1 amide bonds. The number of rotatable bonds is 4. The van der Waals surface area contributed by atoms with E-state index in [-0.39, 0.29) is 10.7 Å². The van der Waals surface area contributed by atoms with E-state index in [0.29, 0.717) is 6.54 Å². The van der Waals surface area contributed by atoms with Crippen molar-refractivity contribution in [2.45, 2.75) is 11.8 Å². The Balaban J connectivity index is 1.93. The van der Waals surface area contributed by atoms with Crippen molar-refractivity contribution >= 4 is 33.2 Å². The quantitative estimate of drug-likeness (QED) is 0.849. The predicted molar refractivity (Wildman–Crippen MR) is 79.5 cm³/mol. The van der Waals surface area contributed by atoms with Gasteiger partial charge in [0.2, 0.25) is 0 Å². The molecule has 0 aliphatic heterocycles. The first-order valence-electron chi connectivity index (χ1n) is 5.68. The molecule has 18 heavy (non-hydrogen) atoms. The molecular formula is C14H14BrNOS. The molecule has 1 heterocycles. The van der Waals surface area contributed by atoms with Crippen LogP contribution in [0.25, 0.3) is 0 Å². The van der Waals surface area contributed by atoms with E-state index in [1.807, 2.05) is 48.0 Å². The van der Waals surface area contributed by atoms with Gasteiger partial charge in [-0.2, -0.15) is 11.3 Å². The third-order valence-electron chi connectivity index (χ3n) is 2.70. The summed E-state index contributed by atoms with van der Waals surface area (Å²) < 4.78 is 0. The van der Waals surface area contributed by atoms with Crippen molar-refractivity contribution in [2.24, 2.45) is 0 Å². The predicted octanol–water partition coefficient (Wildman–Crippen LogP) is 3.92. The molecule has 94 valence electrons. The summed E-state index contributed by atoms with van der Waals surface area (Å²) in [5.41, 5.74) is 2.97. The van der Waals surface area contributed by atoms with Crippen LogP contribution in [0.15, 0.2) is 41.1 Å². The lowest BCUT2D eigenvalue weighted by Crippen LogP contribution is -2.26. The van der Waals surface area contributed by atoms with Crippen LogP contribution >= 0.6 is 27.3 Å². The molecule has 0 bridgehead atoms. The van der Waals surface area contributed by atoms with Crippen LogP contribution in [0.5, 0.6) is 0 Å². The Bertz CT molecular complexity index is 524. The summed E-state index contributed by atoms with van der Waals surface area (Å²) in [4.78, 5) is 12.1. The zero-order valence-corrected chi connectivity index (χ0v) is 12.4. The maximum absolute atomic E-state index is 11.9. The van der Waals surface area contributed by atoms with E-state index in [9.17, 15) is 4.79 Å². The molecule has 4 heteroatoms. The fourth-order valence-corrected chi connectivity index (χ4v) is 2.95. The Hall–Kier alpha value is -1.13. The van der Waals surface area contributed by atoms with Crippen molar-refractivity contribution in [1.29, 1.82) is 0 Å². The summed E-state index contributed by atoms with van der Waals surface area (Å²) in [6, 6.07) is 10.1. The minimum Gasteiger partial charge on any atom is -0.351 e. The third kappa shape index (κ3) is 3.21. The average Bonchev–Trinajstić information content (AvgIpc) is 2.83. The molecule has 0 fully saturated rings. The zero-order valence-electron chi connectivity index (χ0n) is 10.0. The monoisotopic (exact) mass is 323 g/mol. The average molecular weight is 324 g/mol. The standard InChI is InChI=1S/C14H14BrNOS/c1-10-8-18-9-12(10)14(17)16-7-13(15)11-5-3-2-4-6-11/h2-6,8-9,13H,7H2,1H3,(H,16,17). The highest BCUT2D eigenvalue weighted by atomic mass is 79.9. The SMILES string of the molecule is Cc1cscc1C(=O)NCC(Br)c1ccccc1.